The number of nitrogens with one attached hydrogen (secondary N) is 2. The number of hydrogen-bond acceptors (Lipinski definition) is 7. The molecule has 5 heterocycles. The normalized spacial score (nSPS) is 16.7. The zero-order valence-corrected chi connectivity index (χ0v) is 25.1. The minimum absolute atomic E-state index is 0.0133. The molecule has 0 radical (unpaired) electrons. The molecule has 1 atom stereocenters. The van der Waals surface area contributed by atoms with Gasteiger partial charge in [-0.25, -0.2) is 27.9 Å². The molecule has 6 rings (SSSR count). The van der Waals surface area contributed by atoms with Gasteiger partial charge in [0, 0.05) is 38.4 Å². The van der Waals surface area contributed by atoms with Gasteiger partial charge >= 0.3 is 11.7 Å². The lowest BCUT2D eigenvalue weighted by atomic mass is 10.0. The molecule has 3 amide bonds. The van der Waals surface area contributed by atoms with Crippen molar-refractivity contribution in [3.05, 3.63) is 82.6 Å². The molecule has 1 unspecified atom stereocenters. The Morgan fingerprint density at radius 1 is 1.13 bits per heavy atom. The number of pyridine rings is 2. The standard InChI is InChI=1S/C32H32F2N8O3/c1-5-24(43)40-13-14-41(18(4)16-40)29-20-15-22(34)27-25-21(33)7-6-8-23(25)37-31(44)36-12-10-19-9-11-35-26(17(2)3)28(19)42(30(20)38-27)32(45)39-29/h5-9,11,15,17-18H,1,10,12-14,16H2,2-4H3,(H2,36,37,44). The molecule has 45 heavy (non-hydrogen) atoms. The number of hydrogen-bond donors (Lipinski definition) is 2. The van der Waals surface area contributed by atoms with Gasteiger partial charge in [0.1, 0.15) is 17.3 Å². The number of fused-ring (bicyclic) bond motifs is 5. The Morgan fingerprint density at radius 3 is 2.67 bits per heavy atom. The number of carbonyl (C=O) groups excluding carboxylic acids is 2. The van der Waals surface area contributed by atoms with Crippen molar-refractivity contribution in [1.82, 2.24) is 29.7 Å². The van der Waals surface area contributed by atoms with Crippen LogP contribution >= 0.6 is 0 Å². The van der Waals surface area contributed by atoms with Crippen molar-refractivity contribution >= 4 is 34.5 Å². The third-order valence-corrected chi connectivity index (χ3v) is 8.17. The number of halogens is 2. The van der Waals surface area contributed by atoms with Crippen molar-refractivity contribution in [2.45, 2.75) is 39.2 Å². The highest BCUT2D eigenvalue weighted by Crippen LogP contribution is 2.37. The minimum Gasteiger partial charge on any atom is -0.350 e. The maximum absolute atomic E-state index is 16.2. The summed E-state index contributed by atoms with van der Waals surface area (Å²) in [4.78, 5) is 56.5. The van der Waals surface area contributed by atoms with E-state index in [4.69, 9.17) is 0 Å². The van der Waals surface area contributed by atoms with E-state index in [1.165, 1.54) is 28.8 Å². The fourth-order valence-electron chi connectivity index (χ4n) is 6.04. The van der Waals surface area contributed by atoms with Crippen LogP contribution in [0.3, 0.4) is 0 Å². The van der Waals surface area contributed by atoms with Gasteiger partial charge in [-0.1, -0.05) is 26.5 Å². The van der Waals surface area contributed by atoms with Crippen LogP contribution in [0.15, 0.2) is 54.0 Å². The number of benzene rings is 1. The maximum Gasteiger partial charge on any atom is 0.355 e. The van der Waals surface area contributed by atoms with Gasteiger partial charge in [0.2, 0.25) is 5.91 Å². The van der Waals surface area contributed by atoms with E-state index in [1.54, 1.807) is 17.2 Å². The first-order valence-corrected chi connectivity index (χ1v) is 14.7. The molecule has 11 nitrogen and oxygen atoms in total. The lowest BCUT2D eigenvalue weighted by Gasteiger charge is -2.40. The van der Waals surface area contributed by atoms with Gasteiger partial charge in [0.15, 0.2) is 11.5 Å². The molecule has 0 saturated carbocycles. The molecule has 2 bridgehead atoms. The van der Waals surface area contributed by atoms with E-state index >= 15 is 8.78 Å². The molecule has 2 aliphatic rings. The van der Waals surface area contributed by atoms with Crippen LogP contribution in [-0.2, 0) is 11.2 Å². The Hall–Kier alpha value is -5.20. The number of urea groups is 1. The number of anilines is 2. The molecular formula is C32H32F2N8O3. The van der Waals surface area contributed by atoms with Crippen molar-refractivity contribution < 1.29 is 18.4 Å². The number of piperazine rings is 1. The lowest BCUT2D eigenvalue weighted by Crippen LogP contribution is -2.54. The molecule has 4 aromatic rings. The van der Waals surface area contributed by atoms with Gasteiger partial charge in [-0.2, -0.15) is 4.98 Å². The third-order valence-electron chi connectivity index (χ3n) is 8.17. The van der Waals surface area contributed by atoms with Crippen LogP contribution < -0.4 is 21.2 Å². The molecule has 1 saturated heterocycles. The largest absolute Gasteiger partial charge is 0.355 e. The Kier molecular flexibility index (Phi) is 7.77. The van der Waals surface area contributed by atoms with Crippen molar-refractivity contribution in [2.24, 2.45) is 0 Å². The quantitative estimate of drug-likeness (QED) is 0.332. The van der Waals surface area contributed by atoms with E-state index in [9.17, 15) is 14.4 Å². The Labute approximate surface area is 257 Å². The molecule has 2 aliphatic heterocycles. The monoisotopic (exact) mass is 614 g/mol. The fourth-order valence-corrected chi connectivity index (χ4v) is 6.04. The van der Waals surface area contributed by atoms with E-state index < -0.39 is 23.4 Å². The van der Waals surface area contributed by atoms with Crippen LogP contribution in [0.5, 0.6) is 0 Å². The fraction of sp³-hybridized carbons (Fsp3) is 0.312. The number of carbonyl (C=O) groups is 2. The van der Waals surface area contributed by atoms with Gasteiger partial charge in [-0.3, -0.25) is 9.78 Å². The smallest absolute Gasteiger partial charge is 0.350 e. The summed E-state index contributed by atoms with van der Waals surface area (Å²) in [6.45, 7) is 10.5. The predicted molar refractivity (Wildman–Crippen MR) is 167 cm³/mol. The molecule has 1 fully saturated rings. The van der Waals surface area contributed by atoms with E-state index in [1.807, 2.05) is 25.7 Å². The van der Waals surface area contributed by atoms with Crippen LogP contribution in [0.25, 0.3) is 28.0 Å². The van der Waals surface area contributed by atoms with Crippen LogP contribution in [0.2, 0.25) is 0 Å². The van der Waals surface area contributed by atoms with Gasteiger partial charge in [-0.05, 0) is 55.2 Å². The zero-order chi connectivity index (χ0) is 32.0. The Bertz CT molecular complexity index is 1930. The van der Waals surface area contributed by atoms with Gasteiger partial charge in [0.25, 0.3) is 0 Å². The van der Waals surface area contributed by atoms with Crippen LogP contribution in [0.4, 0.5) is 25.1 Å². The number of rotatable bonds is 3. The van der Waals surface area contributed by atoms with Gasteiger partial charge in [-0.15, -0.1) is 0 Å². The van der Waals surface area contributed by atoms with Gasteiger partial charge in [0.05, 0.1) is 28.0 Å². The summed E-state index contributed by atoms with van der Waals surface area (Å²) >= 11 is 0. The second kappa shape index (κ2) is 11.7. The Balaban J connectivity index is 1.69. The van der Waals surface area contributed by atoms with Crippen molar-refractivity contribution in [2.75, 3.05) is 36.4 Å². The lowest BCUT2D eigenvalue weighted by molar-refractivity contribution is -0.126. The number of aromatic nitrogens is 4. The number of amides is 3. The first-order valence-electron chi connectivity index (χ1n) is 14.7. The van der Waals surface area contributed by atoms with Gasteiger partial charge < -0.3 is 20.4 Å². The van der Waals surface area contributed by atoms with Crippen LogP contribution in [0, 0.1) is 11.6 Å². The van der Waals surface area contributed by atoms with Crippen LogP contribution in [-0.4, -0.2) is 68.6 Å². The number of nitrogens with zero attached hydrogens (tertiary/aromatic N) is 6. The molecule has 13 heteroatoms. The van der Waals surface area contributed by atoms with E-state index in [0.29, 0.717) is 43.0 Å². The summed E-state index contributed by atoms with van der Waals surface area (Å²) in [6.07, 6.45) is 3.21. The second-order valence-electron chi connectivity index (χ2n) is 11.4. The summed E-state index contributed by atoms with van der Waals surface area (Å²) in [5, 5.41) is 5.60. The highest BCUT2D eigenvalue weighted by atomic mass is 19.1. The summed E-state index contributed by atoms with van der Waals surface area (Å²) in [7, 11) is 0. The predicted octanol–water partition coefficient (Wildman–Crippen LogP) is 4.15. The average Bonchev–Trinajstić information content (AvgIpc) is 3.01. The topological polar surface area (TPSA) is 125 Å². The second-order valence-corrected chi connectivity index (χ2v) is 11.4. The maximum atomic E-state index is 16.2. The average molecular weight is 615 g/mol. The summed E-state index contributed by atoms with van der Waals surface area (Å²) in [6, 6.07) is 6.06. The van der Waals surface area contributed by atoms with Crippen LogP contribution in [0.1, 0.15) is 37.9 Å². The van der Waals surface area contributed by atoms with Crippen molar-refractivity contribution in [3.63, 3.8) is 0 Å². The van der Waals surface area contributed by atoms with E-state index in [0.717, 1.165) is 6.07 Å². The SMILES string of the molecule is C=CC(=O)N1CCN(c2nc(=O)n3c4nc(c(F)cc24)-c2c(F)cccc2NC(=O)NCCc2ccnc(C(C)C)c2-3)C(C)C1. The summed E-state index contributed by atoms with van der Waals surface area (Å²) in [5.74, 6) is -1.83. The van der Waals surface area contributed by atoms with E-state index in [-0.39, 0.29) is 58.2 Å². The van der Waals surface area contributed by atoms with Crippen molar-refractivity contribution in [3.8, 4) is 16.9 Å². The summed E-state index contributed by atoms with van der Waals surface area (Å²) < 4.78 is 33.0. The first kappa shape index (κ1) is 29.9. The molecule has 0 spiro atoms. The molecule has 2 N–H and O–H groups in total. The molecule has 1 aromatic carbocycles. The molecule has 0 aliphatic carbocycles. The van der Waals surface area contributed by atoms with E-state index in [2.05, 4.69) is 32.2 Å². The highest BCUT2D eigenvalue weighted by Gasteiger charge is 2.31. The zero-order valence-electron chi connectivity index (χ0n) is 25.1. The molecular weight excluding hydrogens is 582 g/mol. The first-order chi connectivity index (χ1) is 21.6. The van der Waals surface area contributed by atoms with Crippen molar-refractivity contribution in [1.29, 1.82) is 0 Å². The third kappa shape index (κ3) is 5.28. The molecule has 232 valence electrons. The molecule has 3 aromatic heterocycles. The highest BCUT2D eigenvalue weighted by molar-refractivity contribution is 5.96. The Morgan fingerprint density at radius 2 is 1.93 bits per heavy atom. The summed E-state index contributed by atoms with van der Waals surface area (Å²) in [5.41, 5.74) is 0.441. The minimum atomic E-state index is -0.872.